The van der Waals surface area contributed by atoms with Crippen LogP contribution in [-0.2, 0) is 0 Å². The molecule has 1 aromatic rings. The SMILES string of the molecule is CC1CN(C(=O)c2cccc(N)c2Br)CCN1C. The predicted octanol–water partition coefficient (Wildman–Crippen LogP) is 1.81. The van der Waals surface area contributed by atoms with Crippen LogP contribution in [0, 0.1) is 0 Å². The van der Waals surface area contributed by atoms with Gasteiger partial charge in [0.05, 0.1) is 10.0 Å². The fraction of sp³-hybridized carbons (Fsp3) is 0.462. The second-order valence-corrected chi connectivity index (χ2v) is 5.58. The normalized spacial score (nSPS) is 21.1. The quantitative estimate of drug-likeness (QED) is 0.805. The number of likely N-dealkylation sites (N-methyl/N-ethyl adjacent to an activating group) is 1. The summed E-state index contributed by atoms with van der Waals surface area (Å²) in [4.78, 5) is 16.6. The first-order valence-corrected chi connectivity index (χ1v) is 6.83. The van der Waals surface area contributed by atoms with Crippen molar-refractivity contribution in [3.63, 3.8) is 0 Å². The van der Waals surface area contributed by atoms with Crippen LogP contribution in [0.2, 0.25) is 0 Å². The molecular weight excluding hydrogens is 294 g/mol. The minimum atomic E-state index is 0.0501. The summed E-state index contributed by atoms with van der Waals surface area (Å²) in [5, 5.41) is 0. The lowest BCUT2D eigenvalue weighted by Crippen LogP contribution is -2.52. The average Bonchev–Trinajstić information content (AvgIpc) is 2.35. The fourth-order valence-electron chi connectivity index (χ4n) is 2.12. The number of nitrogens with two attached hydrogens (primary N) is 1. The van der Waals surface area contributed by atoms with Crippen LogP contribution in [0.5, 0.6) is 0 Å². The summed E-state index contributed by atoms with van der Waals surface area (Å²) in [5.41, 5.74) is 7.06. The first-order chi connectivity index (χ1) is 8.50. The molecule has 4 nitrogen and oxygen atoms in total. The third-order valence-electron chi connectivity index (χ3n) is 3.51. The first-order valence-electron chi connectivity index (χ1n) is 6.04. The fourth-order valence-corrected chi connectivity index (χ4v) is 2.55. The summed E-state index contributed by atoms with van der Waals surface area (Å²) >= 11 is 3.39. The van der Waals surface area contributed by atoms with E-state index in [-0.39, 0.29) is 5.91 Å². The van der Waals surface area contributed by atoms with Crippen LogP contribution in [0.25, 0.3) is 0 Å². The van der Waals surface area contributed by atoms with E-state index in [0.29, 0.717) is 21.8 Å². The molecule has 18 heavy (non-hydrogen) atoms. The number of nitrogens with zero attached hydrogens (tertiary/aromatic N) is 2. The zero-order valence-electron chi connectivity index (χ0n) is 10.7. The largest absolute Gasteiger partial charge is 0.398 e. The lowest BCUT2D eigenvalue weighted by atomic mass is 10.1. The van der Waals surface area contributed by atoms with Crippen LogP contribution in [0.15, 0.2) is 22.7 Å². The number of carbonyl (C=O) groups is 1. The second-order valence-electron chi connectivity index (χ2n) is 4.79. The van der Waals surface area contributed by atoms with Crippen LogP contribution in [0.1, 0.15) is 17.3 Å². The molecule has 5 heteroatoms. The third kappa shape index (κ3) is 2.52. The summed E-state index contributed by atoms with van der Waals surface area (Å²) in [6, 6.07) is 5.80. The predicted molar refractivity (Wildman–Crippen MR) is 76.5 cm³/mol. The van der Waals surface area contributed by atoms with E-state index in [2.05, 4.69) is 34.8 Å². The van der Waals surface area contributed by atoms with Gasteiger partial charge in [-0.15, -0.1) is 0 Å². The van der Waals surface area contributed by atoms with Gasteiger partial charge >= 0.3 is 0 Å². The van der Waals surface area contributed by atoms with E-state index >= 15 is 0 Å². The van der Waals surface area contributed by atoms with E-state index in [1.54, 1.807) is 6.07 Å². The van der Waals surface area contributed by atoms with Crippen molar-refractivity contribution in [1.82, 2.24) is 9.80 Å². The van der Waals surface area contributed by atoms with Gasteiger partial charge in [-0.25, -0.2) is 0 Å². The van der Waals surface area contributed by atoms with Crippen molar-refractivity contribution in [3.05, 3.63) is 28.2 Å². The zero-order chi connectivity index (χ0) is 13.3. The van der Waals surface area contributed by atoms with E-state index in [0.717, 1.165) is 19.6 Å². The number of piperazine rings is 1. The molecule has 1 saturated heterocycles. The van der Waals surface area contributed by atoms with Crippen LogP contribution < -0.4 is 5.73 Å². The van der Waals surface area contributed by atoms with Gasteiger partial charge in [0.1, 0.15) is 0 Å². The molecule has 1 fully saturated rings. The number of carbonyl (C=O) groups excluding carboxylic acids is 1. The van der Waals surface area contributed by atoms with Gasteiger partial charge < -0.3 is 15.5 Å². The Kier molecular flexibility index (Phi) is 3.92. The molecular formula is C13H18BrN3O. The van der Waals surface area contributed by atoms with Crippen LogP contribution in [0.4, 0.5) is 5.69 Å². The lowest BCUT2D eigenvalue weighted by Gasteiger charge is -2.37. The highest BCUT2D eigenvalue weighted by molar-refractivity contribution is 9.10. The zero-order valence-corrected chi connectivity index (χ0v) is 12.3. The molecule has 1 amide bonds. The summed E-state index contributed by atoms with van der Waals surface area (Å²) in [6.45, 7) is 4.57. The highest BCUT2D eigenvalue weighted by atomic mass is 79.9. The number of halogens is 1. The molecule has 1 aliphatic rings. The van der Waals surface area contributed by atoms with E-state index in [1.807, 2.05) is 17.0 Å². The monoisotopic (exact) mass is 311 g/mol. The summed E-state index contributed by atoms with van der Waals surface area (Å²) in [6.07, 6.45) is 0. The topological polar surface area (TPSA) is 49.6 Å². The number of rotatable bonds is 1. The van der Waals surface area contributed by atoms with Crippen molar-refractivity contribution in [3.8, 4) is 0 Å². The smallest absolute Gasteiger partial charge is 0.255 e. The third-order valence-corrected chi connectivity index (χ3v) is 4.39. The van der Waals surface area contributed by atoms with E-state index in [4.69, 9.17) is 5.73 Å². The van der Waals surface area contributed by atoms with Crippen molar-refractivity contribution < 1.29 is 4.79 Å². The number of nitrogen functional groups attached to an aromatic ring is 1. The van der Waals surface area contributed by atoms with Gasteiger partial charge in [0.15, 0.2) is 0 Å². The molecule has 98 valence electrons. The Morgan fingerprint density at radius 1 is 1.44 bits per heavy atom. The maximum absolute atomic E-state index is 12.4. The highest BCUT2D eigenvalue weighted by Gasteiger charge is 2.26. The van der Waals surface area contributed by atoms with Crippen LogP contribution in [0.3, 0.4) is 0 Å². The average molecular weight is 312 g/mol. The van der Waals surface area contributed by atoms with Gasteiger partial charge in [-0.3, -0.25) is 4.79 Å². The molecule has 0 spiro atoms. The Bertz CT molecular complexity index is 464. The van der Waals surface area contributed by atoms with Crippen LogP contribution >= 0.6 is 15.9 Å². The molecule has 0 aromatic heterocycles. The highest BCUT2D eigenvalue weighted by Crippen LogP contribution is 2.25. The lowest BCUT2D eigenvalue weighted by molar-refractivity contribution is 0.0571. The first kappa shape index (κ1) is 13.4. The van der Waals surface area contributed by atoms with Crippen molar-refractivity contribution in [2.45, 2.75) is 13.0 Å². The Labute approximate surface area is 116 Å². The van der Waals surface area contributed by atoms with Crippen LogP contribution in [-0.4, -0.2) is 48.4 Å². The molecule has 1 aromatic carbocycles. The Morgan fingerprint density at radius 2 is 2.17 bits per heavy atom. The molecule has 1 heterocycles. The number of benzene rings is 1. The van der Waals surface area contributed by atoms with Gasteiger partial charge in [-0.05, 0) is 42.0 Å². The van der Waals surface area contributed by atoms with Gasteiger partial charge in [-0.2, -0.15) is 0 Å². The maximum atomic E-state index is 12.4. The van der Waals surface area contributed by atoms with Crippen molar-refractivity contribution in [1.29, 1.82) is 0 Å². The Morgan fingerprint density at radius 3 is 2.83 bits per heavy atom. The number of hydrogen-bond acceptors (Lipinski definition) is 3. The van der Waals surface area contributed by atoms with Gasteiger partial charge in [0.25, 0.3) is 5.91 Å². The molecule has 2 N–H and O–H groups in total. The van der Waals surface area contributed by atoms with Gasteiger partial charge in [-0.1, -0.05) is 6.07 Å². The summed E-state index contributed by atoms with van der Waals surface area (Å²) in [7, 11) is 2.09. The molecule has 0 bridgehead atoms. The Balaban J connectivity index is 2.19. The molecule has 1 aliphatic heterocycles. The molecule has 1 atom stereocenters. The molecule has 0 aliphatic carbocycles. The summed E-state index contributed by atoms with van der Waals surface area (Å²) in [5.74, 6) is 0.0501. The minimum absolute atomic E-state index is 0.0501. The maximum Gasteiger partial charge on any atom is 0.255 e. The van der Waals surface area contributed by atoms with Crippen molar-refractivity contribution >= 4 is 27.5 Å². The molecule has 0 radical (unpaired) electrons. The van der Waals surface area contributed by atoms with Crippen molar-refractivity contribution in [2.24, 2.45) is 0 Å². The number of hydrogen-bond donors (Lipinski definition) is 1. The standard InChI is InChI=1S/C13H18BrN3O/c1-9-8-17(7-6-16(9)2)13(18)10-4-3-5-11(15)12(10)14/h3-5,9H,6-8,15H2,1-2H3. The van der Waals surface area contributed by atoms with E-state index in [1.165, 1.54) is 0 Å². The summed E-state index contributed by atoms with van der Waals surface area (Å²) < 4.78 is 0.696. The number of amides is 1. The van der Waals surface area contributed by atoms with E-state index in [9.17, 15) is 4.79 Å². The number of anilines is 1. The molecule has 2 rings (SSSR count). The minimum Gasteiger partial charge on any atom is -0.398 e. The van der Waals surface area contributed by atoms with E-state index < -0.39 is 0 Å². The molecule has 0 saturated carbocycles. The molecule has 1 unspecified atom stereocenters. The van der Waals surface area contributed by atoms with Crippen molar-refractivity contribution in [2.75, 3.05) is 32.4 Å². The van der Waals surface area contributed by atoms with Gasteiger partial charge in [0.2, 0.25) is 0 Å². The van der Waals surface area contributed by atoms with Gasteiger partial charge in [0, 0.05) is 31.4 Å². The Hall–Kier alpha value is -1.07. The second kappa shape index (κ2) is 5.28.